The van der Waals surface area contributed by atoms with Gasteiger partial charge in [-0.3, -0.25) is 39.4 Å². The molecule has 2 aromatic heterocycles. The summed E-state index contributed by atoms with van der Waals surface area (Å²) in [7, 11) is 0. The summed E-state index contributed by atoms with van der Waals surface area (Å²) in [5.41, 5.74) is 2.78. The Hall–Kier alpha value is -3.48. The maximum atomic E-state index is 12.2. The molecule has 9 nitrogen and oxygen atoms in total. The summed E-state index contributed by atoms with van der Waals surface area (Å²) in [5.74, 6) is -1.23. The lowest BCUT2D eigenvalue weighted by Gasteiger charge is -2.14. The zero-order valence-electron chi connectivity index (χ0n) is 20.8. The molecule has 2 aromatic carbocycles. The van der Waals surface area contributed by atoms with Crippen molar-refractivity contribution in [3.8, 4) is 0 Å². The lowest BCUT2D eigenvalue weighted by Crippen LogP contribution is -2.29. The molecule has 0 radical (unpaired) electrons. The SMILES string of the molecule is O=C1NC(=O)c2ccccc21.O=C1c2ccccc2C(=O)N1Cc1ncc(Br)cc1Cl.OCc1ncc(Br)cc1Cl. The normalized spacial score (nSPS) is 13.0. The summed E-state index contributed by atoms with van der Waals surface area (Å²) in [6.45, 7) is -0.0510. The lowest BCUT2D eigenvalue weighted by atomic mass is 10.1. The molecule has 0 fully saturated rings. The molecular formula is C28H18Br2Cl2N4O5. The van der Waals surface area contributed by atoms with Crippen LogP contribution in [0.2, 0.25) is 10.0 Å². The van der Waals surface area contributed by atoms with E-state index in [0.29, 0.717) is 43.7 Å². The predicted octanol–water partition coefficient (Wildman–Crippen LogP) is 5.85. The summed E-state index contributed by atoms with van der Waals surface area (Å²) in [6, 6.07) is 16.9. The van der Waals surface area contributed by atoms with E-state index in [4.69, 9.17) is 28.3 Å². The molecule has 4 heterocycles. The van der Waals surface area contributed by atoms with E-state index in [9.17, 15) is 19.2 Å². The largest absolute Gasteiger partial charge is 0.390 e. The molecular weight excluding hydrogens is 703 g/mol. The average molecular weight is 721 g/mol. The molecule has 2 N–H and O–H groups in total. The summed E-state index contributed by atoms with van der Waals surface area (Å²) >= 11 is 18.2. The monoisotopic (exact) mass is 718 g/mol. The van der Waals surface area contributed by atoms with Gasteiger partial charge < -0.3 is 5.11 Å². The number of amides is 4. The van der Waals surface area contributed by atoms with Gasteiger partial charge in [-0.25, -0.2) is 0 Å². The van der Waals surface area contributed by atoms with Crippen molar-refractivity contribution in [1.82, 2.24) is 20.2 Å². The molecule has 0 spiro atoms. The second kappa shape index (κ2) is 13.5. The van der Waals surface area contributed by atoms with E-state index in [1.54, 1.807) is 73.1 Å². The first-order valence-electron chi connectivity index (χ1n) is 11.7. The zero-order valence-corrected chi connectivity index (χ0v) is 25.5. The topological polar surface area (TPSA) is 130 Å². The molecule has 13 heteroatoms. The van der Waals surface area contributed by atoms with E-state index in [-0.39, 0.29) is 36.8 Å². The van der Waals surface area contributed by atoms with Crippen molar-refractivity contribution < 1.29 is 24.3 Å². The fourth-order valence-electron chi connectivity index (χ4n) is 3.77. The first-order valence-corrected chi connectivity index (χ1v) is 14.1. The third-order valence-corrected chi connectivity index (χ3v) is 7.27. The van der Waals surface area contributed by atoms with Crippen LogP contribution < -0.4 is 5.32 Å². The van der Waals surface area contributed by atoms with Gasteiger partial charge in [0.1, 0.15) is 0 Å². The Bertz CT molecular complexity index is 1620. The second-order valence-electron chi connectivity index (χ2n) is 8.39. The minimum atomic E-state index is -0.314. The van der Waals surface area contributed by atoms with E-state index in [0.717, 1.165) is 13.8 Å². The second-order valence-corrected chi connectivity index (χ2v) is 11.0. The number of aliphatic hydroxyl groups is 1. The van der Waals surface area contributed by atoms with Gasteiger partial charge in [0.2, 0.25) is 0 Å². The Kier molecular flexibility index (Phi) is 10.0. The number of halogens is 4. The van der Waals surface area contributed by atoms with Crippen LogP contribution in [0.5, 0.6) is 0 Å². The van der Waals surface area contributed by atoms with Gasteiger partial charge in [0.15, 0.2) is 0 Å². The fourth-order valence-corrected chi connectivity index (χ4v) is 5.15. The predicted molar refractivity (Wildman–Crippen MR) is 159 cm³/mol. The Labute approximate surface area is 260 Å². The Morgan fingerprint density at radius 3 is 1.54 bits per heavy atom. The molecule has 2 aliphatic heterocycles. The summed E-state index contributed by atoms with van der Waals surface area (Å²) in [4.78, 5) is 55.5. The van der Waals surface area contributed by atoms with Gasteiger partial charge in [0.25, 0.3) is 23.6 Å². The van der Waals surface area contributed by atoms with Crippen LogP contribution in [0, 0.1) is 0 Å². The number of carbonyl (C=O) groups excluding carboxylic acids is 4. The van der Waals surface area contributed by atoms with Crippen molar-refractivity contribution in [1.29, 1.82) is 0 Å². The minimum absolute atomic E-state index is 0.0679. The molecule has 4 amide bonds. The molecule has 41 heavy (non-hydrogen) atoms. The van der Waals surface area contributed by atoms with Crippen LogP contribution in [-0.2, 0) is 13.2 Å². The average Bonchev–Trinajstić information content (AvgIpc) is 3.38. The number of aromatic nitrogens is 2. The number of imide groups is 2. The number of rotatable bonds is 3. The van der Waals surface area contributed by atoms with Gasteiger partial charge in [-0.2, -0.15) is 0 Å². The standard InChI is InChI=1S/C14H8BrClN2O2.C8H5NO2.C6H5BrClNO/c15-8-5-11(16)12(17-6-8)7-18-13(19)9-3-1-2-4-10(9)14(18)20;10-7-5-3-1-2-4-6(5)8(11)9-7;7-4-1-5(8)6(3-10)9-2-4/h1-6H,7H2;1-4H,(H,9,10,11);1-2,10H,3H2. The van der Waals surface area contributed by atoms with Gasteiger partial charge in [-0.1, -0.05) is 47.5 Å². The lowest BCUT2D eigenvalue weighted by molar-refractivity contribution is 0.0639. The number of carbonyl (C=O) groups is 4. The van der Waals surface area contributed by atoms with Crippen LogP contribution in [0.1, 0.15) is 52.8 Å². The van der Waals surface area contributed by atoms with Crippen molar-refractivity contribution in [3.63, 3.8) is 0 Å². The van der Waals surface area contributed by atoms with Crippen LogP contribution in [0.25, 0.3) is 0 Å². The van der Waals surface area contributed by atoms with Gasteiger partial charge in [0.05, 0.1) is 56.8 Å². The number of pyridine rings is 2. The molecule has 0 saturated carbocycles. The number of benzene rings is 2. The highest BCUT2D eigenvalue weighted by Crippen LogP contribution is 2.26. The van der Waals surface area contributed by atoms with Gasteiger partial charge in [0, 0.05) is 21.3 Å². The van der Waals surface area contributed by atoms with E-state index < -0.39 is 0 Å². The summed E-state index contributed by atoms with van der Waals surface area (Å²) < 4.78 is 1.56. The van der Waals surface area contributed by atoms with Crippen molar-refractivity contribution in [3.05, 3.63) is 126 Å². The quantitative estimate of drug-likeness (QED) is 0.254. The highest BCUT2D eigenvalue weighted by Gasteiger charge is 2.35. The first kappa shape index (κ1) is 30.5. The fraction of sp³-hybridized carbons (Fsp3) is 0.0714. The first-order chi connectivity index (χ1) is 19.6. The minimum Gasteiger partial charge on any atom is -0.390 e. The van der Waals surface area contributed by atoms with E-state index in [2.05, 4.69) is 47.1 Å². The zero-order chi connectivity index (χ0) is 29.7. The molecule has 0 aliphatic carbocycles. The highest BCUT2D eigenvalue weighted by molar-refractivity contribution is 9.10. The molecule has 6 rings (SSSR count). The third-order valence-electron chi connectivity index (χ3n) is 5.75. The van der Waals surface area contributed by atoms with Crippen molar-refractivity contribution in [2.45, 2.75) is 13.2 Å². The highest BCUT2D eigenvalue weighted by atomic mass is 79.9. The molecule has 2 aliphatic rings. The van der Waals surface area contributed by atoms with Crippen molar-refractivity contribution in [2.75, 3.05) is 0 Å². The number of nitrogens with zero attached hydrogens (tertiary/aromatic N) is 3. The molecule has 0 bridgehead atoms. The summed E-state index contributed by atoms with van der Waals surface area (Å²) in [5, 5.41) is 11.7. The Balaban J connectivity index is 0.000000156. The van der Waals surface area contributed by atoms with Gasteiger partial charge in [-0.05, 0) is 68.3 Å². The van der Waals surface area contributed by atoms with Crippen LogP contribution in [0.15, 0.2) is 82.0 Å². The van der Waals surface area contributed by atoms with E-state index in [1.807, 2.05) is 0 Å². The van der Waals surface area contributed by atoms with Crippen LogP contribution in [0.3, 0.4) is 0 Å². The van der Waals surface area contributed by atoms with Gasteiger partial charge >= 0.3 is 0 Å². The van der Waals surface area contributed by atoms with Gasteiger partial charge in [-0.15, -0.1) is 0 Å². The molecule has 0 saturated heterocycles. The number of hydrogen-bond acceptors (Lipinski definition) is 7. The Morgan fingerprint density at radius 2 is 1.12 bits per heavy atom. The number of aliphatic hydroxyl groups excluding tert-OH is 1. The summed E-state index contributed by atoms with van der Waals surface area (Å²) in [6.07, 6.45) is 3.18. The third kappa shape index (κ3) is 7.06. The molecule has 208 valence electrons. The smallest absolute Gasteiger partial charge is 0.261 e. The number of nitrogens with one attached hydrogen (secondary N) is 1. The maximum absolute atomic E-state index is 12.2. The van der Waals surface area contributed by atoms with Crippen LogP contribution in [0.4, 0.5) is 0 Å². The molecule has 4 aromatic rings. The number of fused-ring (bicyclic) bond motifs is 2. The number of hydrogen-bond donors (Lipinski definition) is 2. The Morgan fingerprint density at radius 1 is 0.707 bits per heavy atom. The molecule has 0 unspecified atom stereocenters. The van der Waals surface area contributed by atoms with Crippen molar-refractivity contribution >= 4 is 78.7 Å². The van der Waals surface area contributed by atoms with Crippen molar-refractivity contribution in [2.24, 2.45) is 0 Å². The van der Waals surface area contributed by atoms with E-state index in [1.165, 1.54) is 0 Å². The van der Waals surface area contributed by atoms with Crippen LogP contribution in [-0.4, -0.2) is 43.6 Å². The maximum Gasteiger partial charge on any atom is 0.261 e. The molecule has 0 atom stereocenters. The van der Waals surface area contributed by atoms with E-state index >= 15 is 0 Å². The van der Waals surface area contributed by atoms with Crippen LogP contribution >= 0.6 is 55.1 Å².